The molecular weight excluding hydrogens is 1090 g/mol. The summed E-state index contributed by atoms with van der Waals surface area (Å²) in [4.78, 5) is 0. The van der Waals surface area contributed by atoms with E-state index in [-0.39, 0.29) is 68.0 Å². The van der Waals surface area contributed by atoms with Crippen molar-refractivity contribution in [2.24, 2.45) is 0 Å². The van der Waals surface area contributed by atoms with E-state index in [4.69, 9.17) is 0 Å². The Morgan fingerprint density at radius 2 is 0.273 bits per heavy atom. The standard InChI is InChI=1S/C80H98O8/c1-73(2,3)43-25-27-65(81)51(29-43)53-31-45(75(7,8)9)33-55(67(53)83)57-35-47(77(13,14)15)37-59(69(57)85)61-39-49(79(19,20)21)41-63(71(61)87)64-42-50(80(22,23)24)40-62(72(64)88)60-38-48(78(16,17)18)36-58(70(60)86)56-34-46(76(10,11)12)32-54(68(56)84)52-30-44(74(4,5)6)26-28-66(52)82/h25-42,81-88H,1-24H3. The summed E-state index contributed by atoms with van der Waals surface area (Å²) in [5, 5.41) is 101. The van der Waals surface area contributed by atoms with E-state index in [0.29, 0.717) is 66.8 Å². The van der Waals surface area contributed by atoms with Crippen molar-refractivity contribution in [3.63, 3.8) is 0 Å². The molecule has 8 nitrogen and oxygen atoms in total. The molecular formula is C80H98O8. The number of phenolic OH excluding ortho intramolecular Hbond substituents is 8. The van der Waals surface area contributed by atoms with E-state index in [2.05, 4.69) is 166 Å². The van der Waals surface area contributed by atoms with Gasteiger partial charge in [-0.05, 0) is 185 Å². The van der Waals surface area contributed by atoms with E-state index in [1.54, 1.807) is 12.1 Å². The summed E-state index contributed by atoms with van der Waals surface area (Å²) in [5.74, 6) is -1.06. The molecule has 8 rings (SSSR count). The average molecular weight is 1190 g/mol. The summed E-state index contributed by atoms with van der Waals surface area (Å²) >= 11 is 0. The highest BCUT2D eigenvalue weighted by molar-refractivity contribution is 5.97. The van der Waals surface area contributed by atoms with Crippen LogP contribution in [0.25, 0.3) is 77.9 Å². The third-order valence-electron chi connectivity index (χ3n) is 17.6. The van der Waals surface area contributed by atoms with Gasteiger partial charge < -0.3 is 40.9 Å². The highest BCUT2D eigenvalue weighted by atomic mass is 16.3. The zero-order chi connectivity index (χ0) is 66.0. The minimum absolute atomic E-state index is 0.00356. The normalized spacial score (nSPS) is 13.1. The SMILES string of the molecule is CC(C)(C)c1ccc(O)c(-c2cc(C(C)(C)C)cc(-c3cc(C(C)(C)C)cc(-c4cc(C(C)(C)C)cc(-c5cc(C(C)(C)C)cc(-c6cc(C(C)(C)C)cc(-c7cc(C(C)(C)C)cc(-c8cc(C(C)(C)C)ccc8O)c7O)c6O)c5O)c4O)c3O)c2O)c1. The Morgan fingerprint density at radius 1 is 0.159 bits per heavy atom. The molecule has 8 aromatic carbocycles. The van der Waals surface area contributed by atoms with E-state index in [9.17, 15) is 40.9 Å². The van der Waals surface area contributed by atoms with Crippen molar-refractivity contribution in [2.45, 2.75) is 209 Å². The highest BCUT2D eigenvalue weighted by Crippen LogP contribution is 2.57. The van der Waals surface area contributed by atoms with E-state index in [0.717, 1.165) is 44.5 Å². The van der Waals surface area contributed by atoms with Crippen LogP contribution in [-0.4, -0.2) is 40.9 Å². The molecule has 0 radical (unpaired) electrons. The van der Waals surface area contributed by atoms with Crippen LogP contribution in [0.15, 0.2) is 109 Å². The molecule has 0 atom stereocenters. The quantitative estimate of drug-likeness (QED) is 0.0782. The maximum Gasteiger partial charge on any atom is 0.131 e. The van der Waals surface area contributed by atoms with E-state index >= 15 is 0 Å². The maximum absolute atomic E-state index is 13.3. The Kier molecular flexibility index (Phi) is 16.6. The van der Waals surface area contributed by atoms with Gasteiger partial charge in [0.2, 0.25) is 0 Å². The molecule has 0 fully saturated rings. The van der Waals surface area contributed by atoms with Crippen molar-refractivity contribution in [3.05, 3.63) is 154 Å². The molecule has 0 aliphatic carbocycles. The highest BCUT2D eigenvalue weighted by Gasteiger charge is 2.34. The van der Waals surface area contributed by atoms with Crippen LogP contribution in [0.1, 0.15) is 211 Å². The molecule has 8 N–H and O–H groups in total. The summed E-state index contributed by atoms with van der Waals surface area (Å²) in [6.45, 7) is 49.9. The average Bonchev–Trinajstić information content (AvgIpc) is 0.831. The van der Waals surface area contributed by atoms with Gasteiger partial charge in [0, 0.05) is 77.9 Å². The van der Waals surface area contributed by atoms with Crippen LogP contribution in [0.4, 0.5) is 0 Å². The van der Waals surface area contributed by atoms with Gasteiger partial charge >= 0.3 is 0 Å². The molecule has 0 unspecified atom stereocenters. The predicted octanol–water partition coefficient (Wildman–Crippen LogP) is 21.4. The van der Waals surface area contributed by atoms with Gasteiger partial charge in [-0.1, -0.05) is 178 Å². The van der Waals surface area contributed by atoms with Crippen molar-refractivity contribution in [1.29, 1.82) is 0 Å². The predicted molar refractivity (Wildman–Crippen MR) is 367 cm³/mol. The first-order valence-corrected chi connectivity index (χ1v) is 30.9. The van der Waals surface area contributed by atoms with Crippen molar-refractivity contribution in [1.82, 2.24) is 0 Å². The monoisotopic (exact) mass is 1190 g/mol. The smallest absolute Gasteiger partial charge is 0.131 e. The third kappa shape index (κ3) is 12.9. The Labute approximate surface area is 525 Å². The lowest BCUT2D eigenvalue weighted by molar-refractivity contribution is 0.462. The fourth-order valence-corrected chi connectivity index (χ4v) is 11.3. The molecule has 0 aliphatic rings. The van der Waals surface area contributed by atoms with Gasteiger partial charge in [-0.15, -0.1) is 0 Å². The molecule has 8 heteroatoms. The topological polar surface area (TPSA) is 162 Å². The number of aromatic hydroxyl groups is 8. The molecule has 466 valence electrons. The van der Waals surface area contributed by atoms with E-state index in [1.807, 2.05) is 97.1 Å². The van der Waals surface area contributed by atoms with Gasteiger partial charge in [0.25, 0.3) is 0 Å². The summed E-state index contributed by atoms with van der Waals surface area (Å²) < 4.78 is 0. The van der Waals surface area contributed by atoms with Crippen LogP contribution >= 0.6 is 0 Å². The molecule has 88 heavy (non-hydrogen) atoms. The largest absolute Gasteiger partial charge is 0.507 e. The zero-order valence-electron chi connectivity index (χ0n) is 57.0. The van der Waals surface area contributed by atoms with Gasteiger partial charge in [-0.25, -0.2) is 0 Å². The van der Waals surface area contributed by atoms with Crippen molar-refractivity contribution in [3.8, 4) is 124 Å². The molecule has 0 heterocycles. The number of hydrogen-bond donors (Lipinski definition) is 8. The summed E-state index contributed by atoms with van der Waals surface area (Å²) in [6, 6.07) is 33.7. The summed E-state index contributed by atoms with van der Waals surface area (Å²) in [5.41, 5.74) is 8.14. The summed E-state index contributed by atoms with van der Waals surface area (Å²) in [7, 11) is 0. The molecule has 0 saturated heterocycles. The Balaban J connectivity index is 1.46. The second-order valence-electron chi connectivity index (χ2n) is 33.0. The summed E-state index contributed by atoms with van der Waals surface area (Å²) in [6.07, 6.45) is 0. The number of rotatable bonds is 7. The maximum atomic E-state index is 13.3. The first kappa shape index (κ1) is 66.1. The van der Waals surface area contributed by atoms with Gasteiger partial charge in [-0.3, -0.25) is 0 Å². The Bertz CT molecular complexity index is 3790. The lowest BCUT2D eigenvalue weighted by Gasteiger charge is -2.28. The second kappa shape index (κ2) is 22.0. The van der Waals surface area contributed by atoms with Crippen LogP contribution in [0.2, 0.25) is 0 Å². The molecule has 0 bridgehead atoms. The van der Waals surface area contributed by atoms with Crippen molar-refractivity contribution in [2.75, 3.05) is 0 Å². The van der Waals surface area contributed by atoms with Crippen molar-refractivity contribution >= 4 is 0 Å². The number of benzene rings is 8. The third-order valence-corrected chi connectivity index (χ3v) is 17.6. The minimum Gasteiger partial charge on any atom is -0.507 e. The Morgan fingerprint density at radius 3 is 0.398 bits per heavy atom. The molecule has 0 aromatic heterocycles. The van der Waals surface area contributed by atoms with Crippen LogP contribution in [0.3, 0.4) is 0 Å². The molecule has 0 spiro atoms. The molecule has 0 amide bonds. The van der Waals surface area contributed by atoms with Crippen LogP contribution < -0.4 is 0 Å². The Hall–Kier alpha value is -7.84. The van der Waals surface area contributed by atoms with E-state index in [1.165, 1.54) is 0 Å². The van der Waals surface area contributed by atoms with Gasteiger partial charge in [-0.2, -0.15) is 0 Å². The zero-order valence-corrected chi connectivity index (χ0v) is 57.0. The van der Waals surface area contributed by atoms with Crippen molar-refractivity contribution < 1.29 is 40.9 Å². The number of phenols is 8. The van der Waals surface area contributed by atoms with Crippen LogP contribution in [-0.2, 0) is 43.3 Å². The van der Waals surface area contributed by atoms with Crippen LogP contribution in [0, 0.1) is 0 Å². The fourth-order valence-electron chi connectivity index (χ4n) is 11.3. The lowest BCUT2D eigenvalue weighted by atomic mass is 9.77. The second-order valence-corrected chi connectivity index (χ2v) is 33.0. The lowest BCUT2D eigenvalue weighted by Crippen LogP contribution is -2.14. The van der Waals surface area contributed by atoms with E-state index < -0.39 is 32.5 Å². The van der Waals surface area contributed by atoms with Gasteiger partial charge in [0.05, 0.1) is 0 Å². The number of hydrogen-bond acceptors (Lipinski definition) is 8. The van der Waals surface area contributed by atoms with Crippen LogP contribution in [0.5, 0.6) is 46.0 Å². The molecule has 8 aromatic rings. The molecule has 0 aliphatic heterocycles. The first-order chi connectivity index (χ1) is 40.0. The molecule has 0 saturated carbocycles. The first-order valence-electron chi connectivity index (χ1n) is 30.9. The van der Waals surface area contributed by atoms with Gasteiger partial charge in [0.15, 0.2) is 0 Å². The fraction of sp³-hybridized carbons (Fsp3) is 0.400. The van der Waals surface area contributed by atoms with Gasteiger partial charge in [0.1, 0.15) is 46.0 Å². The minimum atomic E-state index is -0.545.